The minimum atomic E-state index is -0.607. The van der Waals surface area contributed by atoms with Gasteiger partial charge in [0, 0.05) is 0 Å². The SMILES string of the molecule is C/C=C/[C@H]1C/C=C\C[C@H](O)[C@@H](CO)O1. The predicted octanol–water partition coefficient (Wildman–Crippen LogP) is 1.02. The van der Waals surface area contributed by atoms with Crippen LogP contribution in [0.25, 0.3) is 0 Å². The molecule has 0 amide bonds. The Hall–Kier alpha value is -0.640. The first-order valence-corrected chi connectivity index (χ1v) is 5.00. The summed E-state index contributed by atoms with van der Waals surface area (Å²) in [5.41, 5.74) is 0. The lowest BCUT2D eigenvalue weighted by atomic mass is 10.1. The number of hydrogen-bond donors (Lipinski definition) is 2. The van der Waals surface area contributed by atoms with Gasteiger partial charge in [-0.05, 0) is 19.8 Å². The number of rotatable bonds is 2. The summed E-state index contributed by atoms with van der Waals surface area (Å²) in [6.45, 7) is 1.79. The maximum atomic E-state index is 9.60. The Morgan fingerprint density at radius 2 is 2.14 bits per heavy atom. The Bertz CT molecular complexity index is 211. The zero-order chi connectivity index (χ0) is 10.4. The Morgan fingerprint density at radius 3 is 2.79 bits per heavy atom. The summed E-state index contributed by atoms with van der Waals surface area (Å²) < 4.78 is 5.56. The van der Waals surface area contributed by atoms with Crippen LogP contribution < -0.4 is 0 Å². The van der Waals surface area contributed by atoms with Crippen molar-refractivity contribution in [3.05, 3.63) is 24.3 Å². The molecule has 0 aromatic carbocycles. The van der Waals surface area contributed by atoms with E-state index in [1.807, 2.05) is 31.2 Å². The average Bonchev–Trinajstić information content (AvgIpc) is 2.17. The maximum absolute atomic E-state index is 9.60. The maximum Gasteiger partial charge on any atom is 0.107 e. The summed E-state index contributed by atoms with van der Waals surface area (Å²) in [6, 6.07) is 0. The van der Waals surface area contributed by atoms with Crippen molar-refractivity contribution in [2.24, 2.45) is 0 Å². The van der Waals surface area contributed by atoms with Gasteiger partial charge in [0.15, 0.2) is 0 Å². The van der Waals surface area contributed by atoms with E-state index in [4.69, 9.17) is 9.84 Å². The molecule has 0 bridgehead atoms. The molecule has 0 saturated heterocycles. The largest absolute Gasteiger partial charge is 0.394 e. The van der Waals surface area contributed by atoms with Crippen LogP contribution in [-0.2, 0) is 4.74 Å². The normalized spacial score (nSPS) is 36.6. The van der Waals surface area contributed by atoms with Crippen LogP contribution in [-0.4, -0.2) is 35.1 Å². The van der Waals surface area contributed by atoms with Gasteiger partial charge in [-0.25, -0.2) is 0 Å². The Morgan fingerprint density at radius 1 is 1.43 bits per heavy atom. The molecule has 3 atom stereocenters. The molecule has 0 spiro atoms. The van der Waals surface area contributed by atoms with Crippen LogP contribution in [0.2, 0.25) is 0 Å². The second-order valence-corrected chi connectivity index (χ2v) is 3.43. The molecule has 1 aliphatic rings. The first kappa shape index (κ1) is 11.4. The van der Waals surface area contributed by atoms with E-state index in [9.17, 15) is 5.11 Å². The highest BCUT2D eigenvalue weighted by Gasteiger charge is 2.22. The van der Waals surface area contributed by atoms with Gasteiger partial charge in [-0.1, -0.05) is 24.3 Å². The topological polar surface area (TPSA) is 49.7 Å². The van der Waals surface area contributed by atoms with Crippen LogP contribution in [0.4, 0.5) is 0 Å². The number of hydrogen-bond acceptors (Lipinski definition) is 3. The highest BCUT2D eigenvalue weighted by molar-refractivity contribution is 4.98. The van der Waals surface area contributed by atoms with E-state index in [0.717, 1.165) is 6.42 Å². The number of aliphatic hydroxyl groups is 2. The van der Waals surface area contributed by atoms with Crippen LogP contribution in [0.3, 0.4) is 0 Å². The van der Waals surface area contributed by atoms with Gasteiger partial charge in [-0.15, -0.1) is 0 Å². The average molecular weight is 198 g/mol. The lowest BCUT2D eigenvalue weighted by molar-refractivity contribution is -0.0838. The summed E-state index contributed by atoms with van der Waals surface area (Å²) in [5.74, 6) is 0. The molecule has 0 aromatic heterocycles. The molecule has 3 nitrogen and oxygen atoms in total. The molecule has 1 aliphatic heterocycles. The first-order chi connectivity index (χ1) is 6.77. The van der Waals surface area contributed by atoms with Crippen LogP contribution in [0, 0.1) is 0 Å². The van der Waals surface area contributed by atoms with Gasteiger partial charge >= 0.3 is 0 Å². The van der Waals surface area contributed by atoms with Gasteiger partial charge in [0.25, 0.3) is 0 Å². The quantitative estimate of drug-likeness (QED) is 0.651. The highest BCUT2D eigenvalue weighted by Crippen LogP contribution is 2.14. The summed E-state index contributed by atoms with van der Waals surface area (Å²) in [4.78, 5) is 0. The van der Waals surface area contributed by atoms with Gasteiger partial charge in [-0.2, -0.15) is 0 Å². The summed E-state index contributed by atoms with van der Waals surface area (Å²) in [6.07, 6.45) is 8.02. The Kier molecular flexibility index (Phi) is 4.87. The molecule has 3 heteroatoms. The van der Waals surface area contributed by atoms with E-state index in [0.29, 0.717) is 6.42 Å². The van der Waals surface area contributed by atoms with Gasteiger partial charge in [0.05, 0.1) is 18.8 Å². The molecule has 0 aromatic rings. The molecular formula is C11H18O3. The van der Waals surface area contributed by atoms with E-state index < -0.39 is 12.2 Å². The minimum Gasteiger partial charge on any atom is -0.394 e. The fraction of sp³-hybridized carbons (Fsp3) is 0.636. The Balaban J connectivity index is 2.63. The third-order valence-electron chi connectivity index (χ3n) is 2.28. The van der Waals surface area contributed by atoms with Crippen LogP contribution in [0.1, 0.15) is 19.8 Å². The van der Waals surface area contributed by atoms with Crippen molar-refractivity contribution in [3.63, 3.8) is 0 Å². The second kappa shape index (κ2) is 5.96. The zero-order valence-electron chi connectivity index (χ0n) is 8.47. The molecule has 0 radical (unpaired) electrons. The third-order valence-corrected chi connectivity index (χ3v) is 2.28. The van der Waals surface area contributed by atoms with Gasteiger partial charge in [-0.3, -0.25) is 0 Å². The number of ether oxygens (including phenoxy) is 1. The van der Waals surface area contributed by atoms with Gasteiger partial charge in [0.2, 0.25) is 0 Å². The minimum absolute atomic E-state index is 0.0386. The lowest BCUT2D eigenvalue weighted by Gasteiger charge is -2.26. The van der Waals surface area contributed by atoms with Crippen LogP contribution in [0.15, 0.2) is 24.3 Å². The van der Waals surface area contributed by atoms with Crippen molar-refractivity contribution in [2.45, 2.75) is 38.1 Å². The number of aliphatic hydroxyl groups excluding tert-OH is 2. The van der Waals surface area contributed by atoms with Crippen molar-refractivity contribution in [1.82, 2.24) is 0 Å². The summed E-state index contributed by atoms with van der Waals surface area (Å²) in [7, 11) is 0. The molecule has 0 fully saturated rings. The molecule has 2 N–H and O–H groups in total. The van der Waals surface area contributed by atoms with Crippen molar-refractivity contribution >= 4 is 0 Å². The van der Waals surface area contributed by atoms with Crippen molar-refractivity contribution in [3.8, 4) is 0 Å². The monoisotopic (exact) mass is 198 g/mol. The fourth-order valence-corrected chi connectivity index (χ4v) is 1.49. The predicted molar refractivity (Wildman–Crippen MR) is 54.9 cm³/mol. The lowest BCUT2D eigenvalue weighted by Crippen LogP contribution is -2.36. The van der Waals surface area contributed by atoms with E-state index in [-0.39, 0.29) is 12.7 Å². The Labute approximate surface area is 84.7 Å². The second-order valence-electron chi connectivity index (χ2n) is 3.43. The summed E-state index contributed by atoms with van der Waals surface area (Å²) >= 11 is 0. The zero-order valence-corrected chi connectivity index (χ0v) is 8.47. The molecular weight excluding hydrogens is 180 g/mol. The van der Waals surface area contributed by atoms with E-state index >= 15 is 0 Å². The van der Waals surface area contributed by atoms with Crippen molar-refractivity contribution in [2.75, 3.05) is 6.61 Å². The van der Waals surface area contributed by atoms with Crippen molar-refractivity contribution in [1.29, 1.82) is 0 Å². The van der Waals surface area contributed by atoms with Gasteiger partial charge in [0.1, 0.15) is 6.10 Å². The molecule has 1 heterocycles. The third kappa shape index (κ3) is 3.25. The standard InChI is InChI=1S/C11H18O3/c1-2-5-9-6-3-4-7-10(13)11(8-12)14-9/h2-5,9-13H,6-8H2,1H3/b4-3-,5-2+/t9-,10-,11+/m0/s1. The van der Waals surface area contributed by atoms with Crippen LogP contribution >= 0.6 is 0 Å². The number of allylic oxidation sites excluding steroid dienone is 1. The first-order valence-electron chi connectivity index (χ1n) is 5.00. The van der Waals surface area contributed by atoms with E-state index in [2.05, 4.69) is 0 Å². The molecule has 0 unspecified atom stereocenters. The van der Waals surface area contributed by atoms with Gasteiger partial charge < -0.3 is 14.9 Å². The van der Waals surface area contributed by atoms with Crippen LogP contribution in [0.5, 0.6) is 0 Å². The summed E-state index contributed by atoms with van der Waals surface area (Å²) in [5, 5.41) is 18.6. The molecule has 80 valence electrons. The molecule has 0 saturated carbocycles. The molecule has 14 heavy (non-hydrogen) atoms. The molecule has 0 aliphatic carbocycles. The fourth-order valence-electron chi connectivity index (χ4n) is 1.49. The molecule has 1 rings (SSSR count). The van der Waals surface area contributed by atoms with Crippen molar-refractivity contribution < 1.29 is 14.9 Å². The smallest absolute Gasteiger partial charge is 0.107 e. The van der Waals surface area contributed by atoms with E-state index in [1.165, 1.54) is 0 Å². The van der Waals surface area contributed by atoms with E-state index in [1.54, 1.807) is 0 Å². The highest BCUT2D eigenvalue weighted by atomic mass is 16.5.